The van der Waals surface area contributed by atoms with Gasteiger partial charge in [-0.05, 0) is 32.3 Å². The highest BCUT2D eigenvalue weighted by molar-refractivity contribution is 5.82. The summed E-state index contributed by atoms with van der Waals surface area (Å²) in [7, 11) is 0. The van der Waals surface area contributed by atoms with Crippen LogP contribution in [-0.2, 0) is 11.0 Å². The lowest BCUT2D eigenvalue weighted by Crippen LogP contribution is -2.39. The van der Waals surface area contributed by atoms with Crippen molar-refractivity contribution in [3.63, 3.8) is 0 Å². The van der Waals surface area contributed by atoms with E-state index in [-0.39, 0.29) is 34.3 Å². The first-order valence-corrected chi connectivity index (χ1v) is 8.43. The van der Waals surface area contributed by atoms with Crippen molar-refractivity contribution in [1.29, 1.82) is 0 Å². The van der Waals surface area contributed by atoms with Gasteiger partial charge in [-0.1, -0.05) is 12.1 Å². The van der Waals surface area contributed by atoms with Gasteiger partial charge >= 0.3 is 6.18 Å². The van der Waals surface area contributed by atoms with Crippen LogP contribution in [0.1, 0.15) is 55.5 Å². The number of piperidine rings is 1. The maximum absolute atomic E-state index is 13.5. The third kappa shape index (κ3) is 3.48. The third-order valence-corrected chi connectivity index (χ3v) is 4.53. The van der Waals surface area contributed by atoms with Crippen molar-refractivity contribution < 1.29 is 22.5 Å². The summed E-state index contributed by atoms with van der Waals surface area (Å²) in [5, 5.41) is 3.82. The molecule has 5 nitrogen and oxygen atoms in total. The van der Waals surface area contributed by atoms with Crippen LogP contribution in [0.5, 0.6) is 0 Å². The number of nitrogens with zero attached hydrogens (tertiary/aromatic N) is 3. The van der Waals surface area contributed by atoms with Crippen LogP contribution < -0.4 is 0 Å². The van der Waals surface area contributed by atoms with Crippen molar-refractivity contribution in [3.05, 3.63) is 23.0 Å². The van der Waals surface area contributed by atoms with Gasteiger partial charge in [-0.25, -0.2) is 4.98 Å². The van der Waals surface area contributed by atoms with E-state index in [1.165, 1.54) is 6.92 Å². The molecule has 0 radical (unpaired) electrons. The van der Waals surface area contributed by atoms with E-state index in [1.807, 2.05) is 6.92 Å². The van der Waals surface area contributed by atoms with Gasteiger partial charge in [0.2, 0.25) is 5.91 Å². The number of hydrogen-bond donors (Lipinski definition) is 0. The molecule has 0 aliphatic carbocycles. The fraction of sp³-hybridized carbons (Fsp3) is 0.588. The first kappa shape index (κ1) is 17.7. The number of alkyl halides is 3. The van der Waals surface area contributed by atoms with Gasteiger partial charge in [0, 0.05) is 31.1 Å². The lowest BCUT2D eigenvalue weighted by Gasteiger charge is -2.32. The molecule has 1 aliphatic heterocycles. The molecule has 8 heteroatoms. The number of fused-ring (bicyclic) bond motifs is 1. The molecule has 0 spiro atoms. The lowest BCUT2D eigenvalue weighted by molar-refractivity contribution is -0.136. The molecule has 0 N–H and O–H groups in total. The Labute approximate surface area is 143 Å². The smallest absolute Gasteiger partial charge is 0.342 e. The van der Waals surface area contributed by atoms with Crippen molar-refractivity contribution >= 4 is 17.0 Å². The van der Waals surface area contributed by atoms with Gasteiger partial charge in [-0.2, -0.15) is 13.2 Å². The Morgan fingerprint density at radius 1 is 1.44 bits per heavy atom. The number of aryl methyl sites for hydroxylation is 1. The molecule has 1 amide bonds. The molecule has 3 rings (SSSR count). The van der Waals surface area contributed by atoms with Crippen LogP contribution in [0.4, 0.5) is 13.2 Å². The summed E-state index contributed by atoms with van der Waals surface area (Å²) in [4.78, 5) is 17.9. The monoisotopic (exact) mass is 355 g/mol. The average molecular weight is 355 g/mol. The second-order valence-corrected chi connectivity index (χ2v) is 6.49. The van der Waals surface area contributed by atoms with Crippen molar-refractivity contribution in [2.24, 2.45) is 0 Å². The Morgan fingerprint density at radius 3 is 2.88 bits per heavy atom. The van der Waals surface area contributed by atoms with Crippen molar-refractivity contribution in [2.45, 2.75) is 51.6 Å². The zero-order valence-corrected chi connectivity index (χ0v) is 14.2. The van der Waals surface area contributed by atoms with E-state index in [9.17, 15) is 18.0 Å². The number of likely N-dealkylation sites (tertiary alicyclic amines) is 1. The highest BCUT2D eigenvalue weighted by Crippen LogP contribution is 2.40. The Kier molecular flexibility index (Phi) is 4.71. The molecular formula is C17H20F3N3O2. The summed E-state index contributed by atoms with van der Waals surface area (Å²) in [5.41, 5.74) is -0.391. The fourth-order valence-corrected chi connectivity index (χ4v) is 3.40. The van der Waals surface area contributed by atoms with Gasteiger partial charge in [0.15, 0.2) is 0 Å². The summed E-state index contributed by atoms with van der Waals surface area (Å²) in [6, 6.07) is 1.02. The van der Waals surface area contributed by atoms with Crippen molar-refractivity contribution in [1.82, 2.24) is 15.0 Å². The second kappa shape index (κ2) is 6.65. The SMILES string of the molecule is CCCC(=O)N1CCC[C@@H](c2noc3nc(C)cc(C(F)(F)F)c23)C1. The van der Waals surface area contributed by atoms with Crippen LogP contribution in [0.25, 0.3) is 11.1 Å². The summed E-state index contributed by atoms with van der Waals surface area (Å²) < 4.78 is 45.5. The number of amides is 1. The van der Waals surface area contributed by atoms with Crippen LogP contribution in [0.3, 0.4) is 0 Å². The van der Waals surface area contributed by atoms with Crippen molar-refractivity contribution in [3.8, 4) is 0 Å². The predicted molar refractivity (Wildman–Crippen MR) is 85.0 cm³/mol. The summed E-state index contributed by atoms with van der Waals surface area (Å²) in [6.45, 7) is 4.41. The van der Waals surface area contributed by atoms with E-state index in [0.717, 1.165) is 18.9 Å². The van der Waals surface area contributed by atoms with E-state index in [4.69, 9.17) is 4.52 Å². The Hall–Kier alpha value is -2.12. The molecule has 3 heterocycles. The number of hydrogen-bond acceptors (Lipinski definition) is 4. The molecule has 1 saturated heterocycles. The van der Waals surface area contributed by atoms with Crippen LogP contribution >= 0.6 is 0 Å². The summed E-state index contributed by atoms with van der Waals surface area (Å²) in [6.07, 6.45) is -1.92. The zero-order chi connectivity index (χ0) is 18.2. The van der Waals surface area contributed by atoms with Crippen LogP contribution in [0, 0.1) is 6.92 Å². The average Bonchev–Trinajstić information content (AvgIpc) is 2.97. The molecule has 0 unspecified atom stereocenters. The van der Waals surface area contributed by atoms with E-state index < -0.39 is 11.7 Å². The Balaban J connectivity index is 2.00. The molecule has 0 aromatic carbocycles. The second-order valence-electron chi connectivity index (χ2n) is 6.49. The topological polar surface area (TPSA) is 59.2 Å². The first-order valence-electron chi connectivity index (χ1n) is 8.43. The summed E-state index contributed by atoms with van der Waals surface area (Å²) >= 11 is 0. The predicted octanol–water partition coefficient (Wildman–Crippen LogP) is 4.06. The first-order chi connectivity index (χ1) is 11.8. The molecule has 1 fully saturated rings. The number of carbonyl (C=O) groups excluding carboxylic acids is 1. The molecule has 1 aliphatic rings. The van der Waals surface area contributed by atoms with Gasteiger partial charge in [0.05, 0.1) is 16.6 Å². The lowest BCUT2D eigenvalue weighted by atomic mass is 9.91. The van der Waals surface area contributed by atoms with Crippen LogP contribution in [0.2, 0.25) is 0 Å². The van der Waals surface area contributed by atoms with Gasteiger partial charge in [0.25, 0.3) is 5.71 Å². The van der Waals surface area contributed by atoms with E-state index in [2.05, 4.69) is 10.1 Å². The minimum atomic E-state index is -4.52. The third-order valence-electron chi connectivity index (χ3n) is 4.53. The zero-order valence-electron chi connectivity index (χ0n) is 14.2. The molecule has 0 bridgehead atoms. The Morgan fingerprint density at radius 2 is 2.20 bits per heavy atom. The van der Waals surface area contributed by atoms with Gasteiger partial charge in [-0.15, -0.1) is 0 Å². The van der Waals surface area contributed by atoms with E-state index in [1.54, 1.807) is 4.90 Å². The minimum absolute atomic E-state index is 0.0324. The number of aromatic nitrogens is 2. The van der Waals surface area contributed by atoms with E-state index in [0.29, 0.717) is 25.9 Å². The molecule has 136 valence electrons. The largest absolute Gasteiger partial charge is 0.417 e. The molecule has 2 aromatic heterocycles. The van der Waals surface area contributed by atoms with E-state index >= 15 is 0 Å². The fourth-order valence-electron chi connectivity index (χ4n) is 3.40. The van der Waals surface area contributed by atoms with Gasteiger partial charge < -0.3 is 9.42 Å². The van der Waals surface area contributed by atoms with Crippen molar-refractivity contribution in [2.75, 3.05) is 13.1 Å². The maximum atomic E-state index is 13.5. The number of halogens is 3. The highest BCUT2D eigenvalue weighted by Gasteiger charge is 2.38. The standard InChI is InChI=1S/C17H20F3N3O2/c1-3-5-13(24)23-7-4-6-11(9-23)15-14-12(17(18,19)20)8-10(2)21-16(14)25-22-15/h8,11H,3-7,9H2,1-2H3/t11-/m1/s1. The van der Waals surface area contributed by atoms with Gasteiger partial charge in [-0.3, -0.25) is 4.79 Å². The molecule has 1 atom stereocenters. The van der Waals surface area contributed by atoms with Gasteiger partial charge in [0.1, 0.15) is 0 Å². The summed E-state index contributed by atoms with van der Waals surface area (Å²) in [5.74, 6) is -0.244. The Bertz CT molecular complexity index is 785. The normalized spacial score (nSPS) is 18.8. The minimum Gasteiger partial charge on any atom is -0.342 e. The molecule has 0 saturated carbocycles. The molecule has 2 aromatic rings. The highest BCUT2D eigenvalue weighted by atomic mass is 19.4. The number of carbonyl (C=O) groups is 1. The molecule has 25 heavy (non-hydrogen) atoms. The molecular weight excluding hydrogens is 335 g/mol. The maximum Gasteiger partial charge on any atom is 0.417 e. The van der Waals surface area contributed by atoms with Crippen LogP contribution in [0.15, 0.2) is 10.6 Å². The quantitative estimate of drug-likeness (QED) is 0.833. The number of pyridine rings is 1. The van der Waals surface area contributed by atoms with Crippen LogP contribution in [-0.4, -0.2) is 34.0 Å². The number of rotatable bonds is 3.